The summed E-state index contributed by atoms with van der Waals surface area (Å²) in [6, 6.07) is 13.5. The molecule has 1 aromatic heterocycles. The molecular formula is C24H27N3O4. The largest absolute Gasteiger partial charge is 0.462 e. The topological polar surface area (TPSA) is 90.3 Å². The summed E-state index contributed by atoms with van der Waals surface area (Å²) < 4.78 is 6.55. The number of anilines is 1. The molecule has 3 rings (SSSR count). The molecule has 1 heterocycles. The van der Waals surface area contributed by atoms with E-state index in [2.05, 4.69) is 10.4 Å². The normalized spacial score (nSPS) is 10.8. The Morgan fingerprint density at radius 3 is 2.32 bits per heavy atom. The molecule has 0 spiro atoms. The summed E-state index contributed by atoms with van der Waals surface area (Å²) in [5.41, 5.74) is 0.930. The number of nitrogens with one attached hydrogen (secondary N) is 1. The van der Waals surface area contributed by atoms with E-state index in [1.165, 1.54) is 4.68 Å². The number of fused-ring (bicyclic) bond motifs is 1. The van der Waals surface area contributed by atoms with E-state index in [0.717, 1.165) is 25.7 Å². The minimum Gasteiger partial charge on any atom is -0.462 e. The Morgan fingerprint density at radius 2 is 1.65 bits per heavy atom. The van der Waals surface area contributed by atoms with Crippen LogP contribution < -0.4 is 10.9 Å². The van der Waals surface area contributed by atoms with Crippen LogP contribution in [0.4, 0.5) is 5.69 Å². The number of ether oxygens (including phenoxy) is 1. The average molecular weight is 421 g/mol. The molecule has 1 N–H and O–H groups in total. The van der Waals surface area contributed by atoms with E-state index in [4.69, 9.17) is 4.74 Å². The second-order valence-corrected chi connectivity index (χ2v) is 7.30. The number of aromatic nitrogens is 2. The highest BCUT2D eigenvalue weighted by atomic mass is 16.5. The predicted molar refractivity (Wildman–Crippen MR) is 120 cm³/mol. The van der Waals surface area contributed by atoms with Crippen LogP contribution in [0.5, 0.6) is 0 Å². The molecule has 0 unspecified atom stereocenters. The Bertz CT molecular complexity index is 1120. The van der Waals surface area contributed by atoms with E-state index in [0.29, 0.717) is 35.2 Å². The van der Waals surface area contributed by atoms with Crippen LogP contribution in [0.2, 0.25) is 0 Å². The maximum absolute atomic E-state index is 13.0. The second-order valence-electron chi connectivity index (χ2n) is 7.30. The van der Waals surface area contributed by atoms with Crippen molar-refractivity contribution in [3.63, 3.8) is 0 Å². The minimum atomic E-state index is -0.417. The van der Waals surface area contributed by atoms with Gasteiger partial charge in [-0.15, -0.1) is 0 Å². The van der Waals surface area contributed by atoms with Gasteiger partial charge in [-0.1, -0.05) is 44.9 Å². The molecule has 3 aromatic rings. The quantitative estimate of drug-likeness (QED) is 0.408. The Morgan fingerprint density at radius 1 is 0.968 bits per heavy atom. The fourth-order valence-corrected chi connectivity index (χ4v) is 3.13. The number of aryl methyl sites for hydroxylation is 1. The van der Waals surface area contributed by atoms with Crippen molar-refractivity contribution in [2.45, 2.75) is 46.1 Å². The van der Waals surface area contributed by atoms with Crippen molar-refractivity contribution in [2.24, 2.45) is 0 Å². The molecule has 7 nitrogen and oxygen atoms in total. The average Bonchev–Trinajstić information content (AvgIpc) is 2.79. The summed E-state index contributed by atoms with van der Waals surface area (Å²) in [6.07, 6.45) is 3.48. The van der Waals surface area contributed by atoms with Crippen LogP contribution in [-0.2, 0) is 11.3 Å². The van der Waals surface area contributed by atoms with E-state index < -0.39 is 5.91 Å². The summed E-state index contributed by atoms with van der Waals surface area (Å²) in [5, 5.41) is 8.11. The first-order valence-electron chi connectivity index (χ1n) is 10.6. The summed E-state index contributed by atoms with van der Waals surface area (Å²) in [4.78, 5) is 37.7. The highest BCUT2D eigenvalue weighted by Gasteiger charge is 2.17. The van der Waals surface area contributed by atoms with Gasteiger partial charge in [0, 0.05) is 17.6 Å². The fraction of sp³-hybridized carbons (Fsp3) is 0.333. The number of unbranched alkanes of at least 4 members (excludes halogenated alkanes) is 2. The van der Waals surface area contributed by atoms with E-state index in [1.54, 1.807) is 48.5 Å². The lowest BCUT2D eigenvalue weighted by atomic mass is 10.1. The smallest absolute Gasteiger partial charge is 0.338 e. The van der Waals surface area contributed by atoms with Gasteiger partial charge in [0.25, 0.3) is 11.5 Å². The fourth-order valence-electron chi connectivity index (χ4n) is 3.13. The van der Waals surface area contributed by atoms with Crippen LogP contribution in [0.15, 0.2) is 53.3 Å². The molecule has 0 fully saturated rings. The molecular weight excluding hydrogens is 394 g/mol. The molecule has 2 aromatic carbocycles. The number of nitrogens with zero attached hydrogens (tertiary/aromatic N) is 2. The van der Waals surface area contributed by atoms with Crippen LogP contribution in [0, 0.1) is 0 Å². The predicted octanol–water partition coefficient (Wildman–Crippen LogP) is 4.41. The number of rotatable bonds is 9. The van der Waals surface area contributed by atoms with Crippen molar-refractivity contribution < 1.29 is 14.3 Å². The molecule has 31 heavy (non-hydrogen) atoms. The third-order valence-corrected chi connectivity index (χ3v) is 4.92. The molecule has 1 amide bonds. The van der Waals surface area contributed by atoms with Gasteiger partial charge < -0.3 is 10.1 Å². The van der Waals surface area contributed by atoms with Crippen LogP contribution in [0.25, 0.3) is 10.8 Å². The van der Waals surface area contributed by atoms with E-state index in [-0.39, 0.29) is 17.2 Å². The summed E-state index contributed by atoms with van der Waals surface area (Å²) in [5.74, 6) is -0.804. The molecule has 0 aliphatic carbocycles. The SMILES string of the molecule is CCCCOC(=O)c1ccc(NC(=O)c2nn(CCCC)c(=O)c3ccccc23)cc1. The molecule has 7 heteroatoms. The van der Waals surface area contributed by atoms with Crippen LogP contribution in [-0.4, -0.2) is 28.3 Å². The van der Waals surface area contributed by atoms with Gasteiger partial charge in [-0.05, 0) is 43.2 Å². The monoisotopic (exact) mass is 421 g/mol. The molecule has 0 aliphatic heterocycles. The number of hydrogen-bond acceptors (Lipinski definition) is 5. The zero-order valence-corrected chi connectivity index (χ0v) is 17.9. The molecule has 162 valence electrons. The molecule has 0 atom stereocenters. The van der Waals surface area contributed by atoms with Crippen molar-refractivity contribution in [1.29, 1.82) is 0 Å². The number of hydrogen-bond donors (Lipinski definition) is 1. The third-order valence-electron chi connectivity index (χ3n) is 4.92. The summed E-state index contributed by atoms with van der Waals surface area (Å²) >= 11 is 0. The highest BCUT2D eigenvalue weighted by Crippen LogP contribution is 2.17. The lowest BCUT2D eigenvalue weighted by molar-refractivity contribution is 0.0499. The minimum absolute atomic E-state index is 0.189. The zero-order valence-electron chi connectivity index (χ0n) is 17.9. The van der Waals surface area contributed by atoms with Gasteiger partial charge in [0.05, 0.1) is 17.6 Å². The first-order valence-corrected chi connectivity index (χ1v) is 10.6. The first kappa shape index (κ1) is 22.2. The van der Waals surface area contributed by atoms with Gasteiger partial charge in [-0.3, -0.25) is 9.59 Å². The number of carbonyl (C=O) groups excluding carboxylic acids is 2. The van der Waals surface area contributed by atoms with Crippen molar-refractivity contribution in [3.8, 4) is 0 Å². The zero-order chi connectivity index (χ0) is 22.2. The number of esters is 1. The maximum atomic E-state index is 13.0. The van der Waals surface area contributed by atoms with Gasteiger partial charge >= 0.3 is 5.97 Å². The van der Waals surface area contributed by atoms with E-state index >= 15 is 0 Å². The Hall–Kier alpha value is -3.48. The van der Waals surface area contributed by atoms with Gasteiger partial charge in [-0.25, -0.2) is 9.48 Å². The third kappa shape index (κ3) is 5.36. The van der Waals surface area contributed by atoms with Crippen LogP contribution >= 0.6 is 0 Å². The van der Waals surface area contributed by atoms with Gasteiger partial charge in [-0.2, -0.15) is 5.10 Å². The summed E-state index contributed by atoms with van der Waals surface area (Å²) in [7, 11) is 0. The maximum Gasteiger partial charge on any atom is 0.338 e. The van der Waals surface area contributed by atoms with Gasteiger partial charge in [0.1, 0.15) is 0 Å². The number of benzene rings is 2. The molecule has 0 radical (unpaired) electrons. The number of carbonyl (C=O) groups is 2. The van der Waals surface area contributed by atoms with Crippen molar-refractivity contribution in [1.82, 2.24) is 9.78 Å². The molecule has 0 saturated heterocycles. The highest BCUT2D eigenvalue weighted by molar-refractivity contribution is 6.11. The van der Waals surface area contributed by atoms with E-state index in [1.807, 2.05) is 13.8 Å². The Labute approximate surface area is 181 Å². The van der Waals surface area contributed by atoms with Crippen molar-refractivity contribution >= 4 is 28.3 Å². The lowest BCUT2D eigenvalue weighted by Gasteiger charge is -2.11. The molecule has 0 aliphatic rings. The van der Waals surface area contributed by atoms with Crippen molar-refractivity contribution in [2.75, 3.05) is 11.9 Å². The molecule has 0 bridgehead atoms. The lowest BCUT2D eigenvalue weighted by Crippen LogP contribution is -2.27. The number of amides is 1. The standard InChI is InChI=1S/C24H27N3O4/c1-3-5-15-27-23(29)20-10-8-7-9-19(20)21(26-27)22(28)25-18-13-11-17(12-14-18)24(30)31-16-6-4-2/h7-14H,3-6,15-16H2,1-2H3,(H,25,28). The molecule has 0 saturated carbocycles. The Kier molecular flexibility index (Phi) is 7.54. The second kappa shape index (κ2) is 10.5. The van der Waals surface area contributed by atoms with Crippen LogP contribution in [0.3, 0.4) is 0 Å². The van der Waals surface area contributed by atoms with Gasteiger partial charge in [0.2, 0.25) is 0 Å². The Balaban J connectivity index is 1.82. The van der Waals surface area contributed by atoms with Crippen LogP contribution in [0.1, 0.15) is 60.4 Å². The van der Waals surface area contributed by atoms with Gasteiger partial charge in [0.15, 0.2) is 5.69 Å². The van der Waals surface area contributed by atoms with Crippen molar-refractivity contribution in [3.05, 3.63) is 70.1 Å². The first-order chi connectivity index (χ1) is 15.0. The van der Waals surface area contributed by atoms with E-state index in [9.17, 15) is 14.4 Å². The summed E-state index contributed by atoms with van der Waals surface area (Å²) in [6.45, 7) is 4.90.